The second-order valence-corrected chi connectivity index (χ2v) is 10.4. The molecule has 2 heteroatoms. The number of aliphatic hydroxyl groups is 1. The van der Waals surface area contributed by atoms with Gasteiger partial charge in [-0.2, -0.15) is 0 Å². The van der Waals surface area contributed by atoms with Gasteiger partial charge in [0.1, 0.15) is 5.76 Å². The van der Waals surface area contributed by atoms with E-state index in [4.69, 9.17) is 0 Å². The molecule has 1 aliphatic carbocycles. The summed E-state index contributed by atoms with van der Waals surface area (Å²) in [5, 5.41) is 14.8. The van der Waals surface area contributed by atoms with E-state index < -0.39 is 0 Å². The molecule has 0 bridgehead atoms. The highest BCUT2D eigenvalue weighted by atomic mass is 16.3. The lowest BCUT2D eigenvalue weighted by atomic mass is 9.84. The van der Waals surface area contributed by atoms with Crippen LogP contribution in [0.2, 0.25) is 0 Å². The monoisotopic (exact) mass is 375 g/mol. The van der Waals surface area contributed by atoms with Crippen LogP contribution in [0.25, 0.3) is 16.7 Å². The Bertz CT molecular complexity index is 882. The Hall–Kier alpha value is -2.06. The van der Waals surface area contributed by atoms with Crippen LogP contribution in [-0.4, -0.2) is 17.7 Å². The van der Waals surface area contributed by atoms with Gasteiger partial charge >= 0.3 is 0 Å². The Kier molecular flexibility index (Phi) is 4.46. The number of benzene rings is 2. The molecule has 2 aromatic rings. The highest BCUT2D eigenvalue weighted by Gasteiger charge is 2.32. The minimum atomic E-state index is 0.0605. The fourth-order valence-electron chi connectivity index (χ4n) is 4.42. The summed E-state index contributed by atoms with van der Waals surface area (Å²) in [7, 11) is 0. The van der Waals surface area contributed by atoms with Crippen LogP contribution in [0.1, 0.15) is 76.6 Å². The largest absolute Gasteiger partial charge is 0.510 e. The third kappa shape index (κ3) is 3.18. The van der Waals surface area contributed by atoms with Crippen LogP contribution < -0.4 is 5.32 Å². The van der Waals surface area contributed by atoms with E-state index in [0.29, 0.717) is 5.76 Å². The zero-order chi connectivity index (χ0) is 20.3. The van der Waals surface area contributed by atoms with Crippen molar-refractivity contribution in [2.24, 2.45) is 0 Å². The van der Waals surface area contributed by atoms with Gasteiger partial charge < -0.3 is 10.4 Å². The zero-order valence-corrected chi connectivity index (χ0v) is 18.1. The van der Waals surface area contributed by atoms with Crippen molar-refractivity contribution < 1.29 is 5.11 Å². The van der Waals surface area contributed by atoms with E-state index in [1.807, 2.05) is 0 Å². The topological polar surface area (TPSA) is 32.3 Å². The van der Waals surface area contributed by atoms with Gasteiger partial charge in [-0.05, 0) is 75.7 Å². The summed E-state index contributed by atoms with van der Waals surface area (Å²) in [6.45, 7) is 14.5. The van der Waals surface area contributed by atoms with Crippen molar-refractivity contribution in [3.63, 3.8) is 0 Å². The number of aliphatic hydroxyl groups excluding tert-OH is 1. The quantitative estimate of drug-likeness (QED) is 0.487. The Morgan fingerprint density at radius 2 is 1.32 bits per heavy atom. The second kappa shape index (κ2) is 6.49. The van der Waals surface area contributed by atoms with Gasteiger partial charge in [0.15, 0.2) is 0 Å². The van der Waals surface area contributed by atoms with Crippen molar-refractivity contribution in [1.82, 2.24) is 5.32 Å². The van der Waals surface area contributed by atoms with E-state index in [1.54, 1.807) is 0 Å². The number of hydrogen-bond acceptors (Lipinski definition) is 2. The molecule has 1 atom stereocenters. The van der Waals surface area contributed by atoms with E-state index in [0.717, 1.165) is 25.0 Å². The molecule has 2 aromatic carbocycles. The summed E-state index contributed by atoms with van der Waals surface area (Å²) in [5.41, 5.74) is 8.63. The number of fused-ring (bicyclic) bond motifs is 3. The summed E-state index contributed by atoms with van der Waals surface area (Å²) in [4.78, 5) is 0. The molecule has 0 spiro atoms. The standard InChI is InChI=1S/C26H33NO/c1-25(2,3)16-9-11-18-19-12-10-17(26(4,5)6)15-21(19)23(20(18)14-16)24(28)22-8-7-13-27-22/h9-12,14-15,22,27-28H,7-8,13H2,1-6H3/t22-/m0/s1. The molecule has 28 heavy (non-hydrogen) atoms. The van der Waals surface area contributed by atoms with Gasteiger partial charge in [0.05, 0.1) is 6.04 Å². The Labute approximate surface area is 169 Å². The molecule has 0 unspecified atom stereocenters. The first-order valence-corrected chi connectivity index (χ1v) is 10.5. The fourth-order valence-corrected chi connectivity index (χ4v) is 4.42. The number of hydrogen-bond donors (Lipinski definition) is 2. The van der Waals surface area contributed by atoms with Crippen molar-refractivity contribution in [2.45, 2.75) is 71.3 Å². The van der Waals surface area contributed by atoms with Crippen LogP contribution in [0.5, 0.6) is 0 Å². The Morgan fingerprint density at radius 1 is 0.821 bits per heavy atom. The first-order chi connectivity index (χ1) is 13.1. The molecule has 4 rings (SSSR count). The van der Waals surface area contributed by atoms with Gasteiger partial charge in [-0.25, -0.2) is 0 Å². The summed E-state index contributed by atoms with van der Waals surface area (Å²) in [5.74, 6) is 0.509. The third-order valence-corrected chi connectivity index (χ3v) is 6.25. The molecule has 0 radical (unpaired) electrons. The SMILES string of the molecule is CC(C)(C)c1ccc2c(c1)C(=C(O)[C@@H]1CCCN1)c1cc(C(C)(C)C)ccc1-2. The summed E-state index contributed by atoms with van der Waals surface area (Å²) < 4.78 is 0. The fraction of sp³-hybridized carbons (Fsp3) is 0.462. The average molecular weight is 376 g/mol. The maximum Gasteiger partial charge on any atom is 0.118 e. The summed E-state index contributed by atoms with van der Waals surface area (Å²) in [6, 6.07) is 13.6. The molecular weight excluding hydrogens is 342 g/mol. The van der Waals surface area contributed by atoms with Crippen molar-refractivity contribution >= 4 is 5.57 Å². The van der Waals surface area contributed by atoms with Crippen LogP contribution in [0.4, 0.5) is 0 Å². The van der Waals surface area contributed by atoms with Gasteiger partial charge in [0.2, 0.25) is 0 Å². The lowest BCUT2D eigenvalue weighted by Gasteiger charge is -2.21. The zero-order valence-electron chi connectivity index (χ0n) is 18.1. The highest BCUT2D eigenvalue weighted by molar-refractivity contribution is 6.02. The van der Waals surface area contributed by atoms with E-state index in [-0.39, 0.29) is 16.9 Å². The van der Waals surface area contributed by atoms with Gasteiger partial charge in [-0.15, -0.1) is 0 Å². The molecule has 0 amide bonds. The molecule has 2 aliphatic rings. The molecule has 1 heterocycles. The van der Waals surface area contributed by atoms with Crippen molar-refractivity contribution in [2.75, 3.05) is 6.54 Å². The molecule has 2 N–H and O–H groups in total. The van der Waals surface area contributed by atoms with Gasteiger partial charge in [-0.3, -0.25) is 0 Å². The van der Waals surface area contributed by atoms with Gasteiger partial charge in [0.25, 0.3) is 0 Å². The summed E-state index contributed by atoms with van der Waals surface area (Å²) in [6.07, 6.45) is 2.11. The lowest BCUT2D eigenvalue weighted by molar-refractivity contribution is 0.358. The van der Waals surface area contributed by atoms with Gasteiger partial charge in [-0.1, -0.05) is 65.8 Å². The third-order valence-electron chi connectivity index (χ3n) is 6.25. The van der Waals surface area contributed by atoms with Gasteiger partial charge in [0, 0.05) is 5.57 Å². The smallest absolute Gasteiger partial charge is 0.118 e. The predicted octanol–water partition coefficient (Wildman–Crippen LogP) is 6.33. The maximum atomic E-state index is 11.3. The molecule has 1 saturated heterocycles. The predicted molar refractivity (Wildman–Crippen MR) is 119 cm³/mol. The minimum absolute atomic E-state index is 0.0605. The van der Waals surface area contributed by atoms with Crippen LogP contribution in [-0.2, 0) is 10.8 Å². The lowest BCUT2D eigenvalue weighted by Crippen LogP contribution is -2.24. The van der Waals surface area contributed by atoms with E-state index in [2.05, 4.69) is 83.3 Å². The average Bonchev–Trinajstić information content (AvgIpc) is 3.25. The van der Waals surface area contributed by atoms with Crippen LogP contribution in [0, 0.1) is 0 Å². The number of rotatable bonds is 1. The normalized spacial score (nSPS) is 18.9. The first kappa shape index (κ1) is 19.3. The molecule has 1 aliphatic heterocycles. The maximum absolute atomic E-state index is 11.3. The van der Waals surface area contributed by atoms with Crippen molar-refractivity contribution in [3.8, 4) is 11.1 Å². The van der Waals surface area contributed by atoms with Crippen molar-refractivity contribution in [1.29, 1.82) is 0 Å². The molecule has 0 saturated carbocycles. The molecule has 2 nitrogen and oxygen atoms in total. The van der Waals surface area contributed by atoms with E-state index in [9.17, 15) is 5.11 Å². The van der Waals surface area contributed by atoms with Crippen LogP contribution >= 0.6 is 0 Å². The summed E-state index contributed by atoms with van der Waals surface area (Å²) >= 11 is 0. The number of nitrogens with one attached hydrogen (secondary N) is 1. The van der Waals surface area contributed by atoms with E-state index >= 15 is 0 Å². The van der Waals surface area contributed by atoms with Crippen LogP contribution in [0.3, 0.4) is 0 Å². The second-order valence-electron chi connectivity index (χ2n) is 10.4. The highest BCUT2D eigenvalue weighted by Crippen LogP contribution is 2.48. The molecular formula is C26H33NO. The Morgan fingerprint density at radius 3 is 1.71 bits per heavy atom. The Balaban J connectivity index is 1.97. The minimum Gasteiger partial charge on any atom is -0.510 e. The van der Waals surface area contributed by atoms with Crippen molar-refractivity contribution in [3.05, 3.63) is 64.4 Å². The molecule has 1 fully saturated rings. The first-order valence-electron chi connectivity index (χ1n) is 10.5. The molecule has 148 valence electrons. The molecule has 0 aromatic heterocycles. The van der Waals surface area contributed by atoms with Crippen LogP contribution in [0.15, 0.2) is 42.2 Å². The van der Waals surface area contributed by atoms with E-state index in [1.165, 1.54) is 33.4 Å².